The summed E-state index contributed by atoms with van der Waals surface area (Å²) in [5.74, 6) is -2.97. The van der Waals surface area contributed by atoms with E-state index in [4.69, 9.17) is 4.52 Å². The van der Waals surface area contributed by atoms with Crippen LogP contribution in [0.25, 0.3) is 0 Å². The number of carbonyl (C=O) groups excluding carboxylic acids is 2. The third-order valence-corrected chi connectivity index (χ3v) is 5.01. The molecule has 2 heterocycles. The molecule has 1 aliphatic rings. The molecular formula is C20H23F2N3O3. The number of aromatic nitrogens is 1. The Hall–Kier alpha value is -2.77. The van der Waals surface area contributed by atoms with E-state index in [1.54, 1.807) is 25.1 Å². The van der Waals surface area contributed by atoms with Gasteiger partial charge in [0.1, 0.15) is 11.3 Å². The number of piperidine rings is 1. The topological polar surface area (TPSA) is 75.4 Å². The molecule has 2 aromatic rings. The van der Waals surface area contributed by atoms with Crippen LogP contribution in [0.2, 0.25) is 0 Å². The minimum atomic E-state index is -2.71. The Morgan fingerprint density at radius 2 is 1.93 bits per heavy atom. The Morgan fingerprint density at radius 1 is 1.25 bits per heavy atom. The number of hydrogen-bond acceptors (Lipinski definition) is 4. The molecule has 3 rings (SSSR count). The van der Waals surface area contributed by atoms with Crippen molar-refractivity contribution < 1.29 is 22.9 Å². The zero-order chi connectivity index (χ0) is 20.5. The summed E-state index contributed by atoms with van der Waals surface area (Å²) in [4.78, 5) is 26.8. The van der Waals surface area contributed by atoms with Gasteiger partial charge in [-0.25, -0.2) is 8.78 Å². The van der Waals surface area contributed by atoms with Gasteiger partial charge in [0, 0.05) is 37.2 Å². The quantitative estimate of drug-likeness (QED) is 0.856. The second-order valence-electron chi connectivity index (χ2n) is 7.05. The lowest BCUT2D eigenvalue weighted by molar-refractivity contribution is -0.0494. The van der Waals surface area contributed by atoms with Crippen molar-refractivity contribution in [3.63, 3.8) is 0 Å². The van der Waals surface area contributed by atoms with Crippen molar-refractivity contribution in [3.8, 4) is 0 Å². The molecule has 1 aromatic heterocycles. The minimum Gasteiger partial charge on any atom is -0.361 e. The van der Waals surface area contributed by atoms with E-state index in [-0.39, 0.29) is 37.7 Å². The number of anilines is 1. The smallest absolute Gasteiger partial charge is 0.261 e. The maximum atomic E-state index is 13.3. The lowest BCUT2D eigenvalue weighted by atomic mass is 10.0. The van der Waals surface area contributed by atoms with Crippen molar-refractivity contribution in [2.45, 2.75) is 46.0 Å². The molecular weight excluding hydrogens is 368 g/mol. The summed E-state index contributed by atoms with van der Waals surface area (Å²) >= 11 is 0. The molecule has 8 heteroatoms. The normalized spacial score (nSPS) is 16.1. The summed E-state index contributed by atoms with van der Waals surface area (Å²) in [6.07, 6.45) is -0.112. The van der Waals surface area contributed by atoms with Crippen molar-refractivity contribution in [3.05, 3.63) is 46.3 Å². The number of rotatable bonds is 4. The van der Waals surface area contributed by atoms with E-state index in [9.17, 15) is 18.4 Å². The zero-order valence-electron chi connectivity index (χ0n) is 16.1. The highest BCUT2D eigenvalue weighted by molar-refractivity contribution is 6.06. The molecule has 6 nitrogen and oxygen atoms in total. The molecule has 0 atom stereocenters. The Kier molecular flexibility index (Phi) is 5.49. The van der Waals surface area contributed by atoms with Crippen LogP contribution < -0.4 is 5.32 Å². The highest BCUT2D eigenvalue weighted by Crippen LogP contribution is 2.29. The fraction of sp³-hybridized carbons (Fsp3) is 0.450. The lowest BCUT2D eigenvalue weighted by Gasteiger charge is -2.31. The maximum absolute atomic E-state index is 13.3. The summed E-state index contributed by atoms with van der Waals surface area (Å²) in [6.45, 7) is 5.38. The molecule has 150 valence electrons. The van der Waals surface area contributed by atoms with Gasteiger partial charge in [-0.15, -0.1) is 0 Å². The van der Waals surface area contributed by atoms with Gasteiger partial charge in [-0.2, -0.15) is 0 Å². The van der Waals surface area contributed by atoms with Crippen LogP contribution >= 0.6 is 0 Å². The van der Waals surface area contributed by atoms with Crippen LogP contribution in [0.15, 0.2) is 22.7 Å². The number of hydrogen-bond donors (Lipinski definition) is 1. The van der Waals surface area contributed by atoms with E-state index in [0.29, 0.717) is 34.7 Å². The molecule has 28 heavy (non-hydrogen) atoms. The Labute approximate surface area is 161 Å². The molecule has 0 radical (unpaired) electrons. The van der Waals surface area contributed by atoms with Crippen LogP contribution in [0, 0.1) is 13.8 Å². The van der Waals surface area contributed by atoms with Crippen molar-refractivity contribution in [2.24, 2.45) is 0 Å². The number of amides is 2. The summed E-state index contributed by atoms with van der Waals surface area (Å²) in [5, 5.41) is 6.69. The third kappa shape index (κ3) is 4.05. The van der Waals surface area contributed by atoms with E-state index in [2.05, 4.69) is 10.5 Å². The number of nitrogens with one attached hydrogen (secondary N) is 1. The molecule has 1 fully saturated rings. The van der Waals surface area contributed by atoms with Crippen molar-refractivity contribution in [1.82, 2.24) is 10.1 Å². The minimum absolute atomic E-state index is 0.0150. The van der Waals surface area contributed by atoms with Gasteiger partial charge in [0.05, 0.1) is 5.69 Å². The van der Waals surface area contributed by atoms with Crippen LogP contribution in [0.3, 0.4) is 0 Å². The number of benzene rings is 1. The fourth-order valence-electron chi connectivity index (χ4n) is 3.24. The lowest BCUT2D eigenvalue weighted by Crippen LogP contribution is -2.42. The van der Waals surface area contributed by atoms with Gasteiger partial charge in [-0.05, 0) is 38.0 Å². The first-order valence-electron chi connectivity index (χ1n) is 9.26. The van der Waals surface area contributed by atoms with Crippen LogP contribution in [0.1, 0.15) is 57.5 Å². The van der Waals surface area contributed by atoms with E-state index < -0.39 is 5.92 Å². The number of aryl methyl sites for hydroxylation is 3. The average Bonchev–Trinajstić information content (AvgIpc) is 3.03. The molecule has 0 saturated carbocycles. The SMILES string of the molecule is CCc1noc(C)c1C(=O)Nc1cc(C(=O)N2CCC(F)(F)CC2)ccc1C. The molecule has 1 aromatic carbocycles. The van der Waals surface area contributed by atoms with Gasteiger partial charge in [-0.3, -0.25) is 9.59 Å². The predicted octanol–water partition coefficient (Wildman–Crippen LogP) is 3.98. The Bertz CT molecular complexity index is 898. The van der Waals surface area contributed by atoms with Crippen LogP contribution in [-0.4, -0.2) is 40.9 Å². The second-order valence-corrected chi connectivity index (χ2v) is 7.05. The van der Waals surface area contributed by atoms with Gasteiger partial charge in [0.2, 0.25) is 0 Å². The van der Waals surface area contributed by atoms with E-state index in [0.717, 1.165) is 5.56 Å². The van der Waals surface area contributed by atoms with Gasteiger partial charge in [0.25, 0.3) is 17.7 Å². The summed E-state index contributed by atoms with van der Waals surface area (Å²) in [5.41, 5.74) is 2.57. The van der Waals surface area contributed by atoms with E-state index in [1.807, 2.05) is 13.8 Å². The third-order valence-electron chi connectivity index (χ3n) is 5.01. The summed E-state index contributed by atoms with van der Waals surface area (Å²) < 4.78 is 31.8. The van der Waals surface area contributed by atoms with Crippen molar-refractivity contribution >= 4 is 17.5 Å². The molecule has 1 saturated heterocycles. The molecule has 2 amide bonds. The monoisotopic (exact) mass is 391 g/mol. The van der Waals surface area contributed by atoms with Gasteiger partial charge in [0.15, 0.2) is 0 Å². The predicted molar refractivity (Wildman–Crippen MR) is 99.8 cm³/mol. The molecule has 0 unspecified atom stereocenters. The summed E-state index contributed by atoms with van der Waals surface area (Å²) in [7, 11) is 0. The first-order valence-corrected chi connectivity index (χ1v) is 9.26. The number of nitrogens with zero attached hydrogens (tertiary/aromatic N) is 2. The van der Waals surface area contributed by atoms with Gasteiger partial charge in [-0.1, -0.05) is 18.1 Å². The molecule has 1 aliphatic heterocycles. The van der Waals surface area contributed by atoms with E-state index in [1.165, 1.54) is 4.90 Å². The molecule has 0 spiro atoms. The first-order chi connectivity index (χ1) is 13.2. The Morgan fingerprint density at radius 3 is 2.57 bits per heavy atom. The first kappa shape index (κ1) is 20.0. The van der Waals surface area contributed by atoms with E-state index >= 15 is 0 Å². The number of halogens is 2. The second kappa shape index (κ2) is 7.69. The maximum Gasteiger partial charge on any atom is 0.261 e. The van der Waals surface area contributed by atoms with Crippen LogP contribution in [0.5, 0.6) is 0 Å². The summed E-state index contributed by atoms with van der Waals surface area (Å²) in [6, 6.07) is 4.95. The molecule has 0 bridgehead atoms. The Balaban J connectivity index is 1.79. The average molecular weight is 391 g/mol. The fourth-order valence-corrected chi connectivity index (χ4v) is 3.24. The largest absolute Gasteiger partial charge is 0.361 e. The standard InChI is InChI=1S/C20H23F2N3O3/c1-4-15-17(13(3)28-24-15)18(26)23-16-11-14(6-5-12(16)2)19(27)25-9-7-20(21,22)8-10-25/h5-6,11H,4,7-10H2,1-3H3,(H,23,26). The van der Waals surface area contributed by atoms with Crippen molar-refractivity contribution in [1.29, 1.82) is 0 Å². The highest BCUT2D eigenvalue weighted by atomic mass is 19.3. The van der Waals surface area contributed by atoms with Crippen LogP contribution in [-0.2, 0) is 6.42 Å². The van der Waals surface area contributed by atoms with Crippen LogP contribution in [0.4, 0.5) is 14.5 Å². The number of carbonyl (C=O) groups is 2. The number of alkyl halides is 2. The highest BCUT2D eigenvalue weighted by Gasteiger charge is 2.35. The van der Waals surface area contributed by atoms with Gasteiger partial charge >= 0.3 is 0 Å². The number of likely N-dealkylation sites (tertiary alicyclic amines) is 1. The van der Waals surface area contributed by atoms with Crippen molar-refractivity contribution in [2.75, 3.05) is 18.4 Å². The molecule has 1 N–H and O–H groups in total. The van der Waals surface area contributed by atoms with Gasteiger partial charge < -0.3 is 14.7 Å². The molecule has 0 aliphatic carbocycles. The zero-order valence-corrected chi connectivity index (χ0v) is 16.1.